The first-order valence-corrected chi connectivity index (χ1v) is 7.77. The zero-order valence-corrected chi connectivity index (χ0v) is 14.8. The highest BCUT2D eigenvalue weighted by Gasteiger charge is 2.30. The predicted octanol–water partition coefficient (Wildman–Crippen LogP) is 1.77. The van der Waals surface area contributed by atoms with Crippen LogP contribution < -0.4 is 5.32 Å². The average molecular weight is 351 g/mol. The Labute approximate surface area is 148 Å². The molecule has 1 N–H and O–H groups in total. The Morgan fingerprint density at radius 2 is 2.12 bits per heavy atom. The fourth-order valence-electron chi connectivity index (χ4n) is 2.95. The largest absolute Gasteiger partial charge is 0.380 e. The van der Waals surface area contributed by atoms with Crippen LogP contribution in [0.5, 0.6) is 0 Å². The predicted molar refractivity (Wildman–Crippen MR) is 94.3 cm³/mol. The number of amides is 1. The molecule has 1 fully saturated rings. The minimum absolute atomic E-state index is 0. The maximum absolute atomic E-state index is 12.9. The number of aromatic nitrogens is 2. The first-order chi connectivity index (χ1) is 11.2. The molecule has 1 atom stereocenters. The van der Waals surface area contributed by atoms with E-state index in [-0.39, 0.29) is 24.4 Å². The number of hydrogen-bond acceptors (Lipinski definition) is 4. The molecule has 1 unspecified atom stereocenters. The number of piperazine rings is 1. The minimum Gasteiger partial charge on any atom is -0.380 e. The normalized spacial score (nSPS) is 17.4. The van der Waals surface area contributed by atoms with Gasteiger partial charge in [-0.3, -0.25) is 4.79 Å². The quantitative estimate of drug-likeness (QED) is 0.913. The number of hydrogen-bond donors (Lipinski definition) is 1. The Balaban J connectivity index is 0.00000208. The van der Waals surface area contributed by atoms with Gasteiger partial charge >= 0.3 is 0 Å². The van der Waals surface area contributed by atoms with Crippen LogP contribution >= 0.6 is 12.4 Å². The molecule has 130 valence electrons. The number of halogens is 1. The van der Waals surface area contributed by atoms with Gasteiger partial charge in [-0.15, -0.1) is 12.4 Å². The maximum Gasteiger partial charge on any atom is 0.254 e. The van der Waals surface area contributed by atoms with Crippen molar-refractivity contribution in [1.29, 1.82) is 0 Å². The Morgan fingerprint density at radius 1 is 1.38 bits per heavy atom. The van der Waals surface area contributed by atoms with Crippen LogP contribution in [0.3, 0.4) is 0 Å². The summed E-state index contributed by atoms with van der Waals surface area (Å²) in [7, 11) is 3.62. The molecule has 1 aromatic heterocycles. The SMILES string of the molecule is COCc1ccc(C(=O)N2CCNCC2c2nccn2C)cc1.Cl. The van der Waals surface area contributed by atoms with E-state index >= 15 is 0 Å². The Hall–Kier alpha value is -1.89. The number of benzene rings is 1. The molecular formula is C17H23ClN4O2. The van der Waals surface area contributed by atoms with Crippen molar-refractivity contribution in [1.82, 2.24) is 19.8 Å². The highest BCUT2D eigenvalue weighted by molar-refractivity contribution is 5.94. The van der Waals surface area contributed by atoms with Crippen LogP contribution in [0.25, 0.3) is 0 Å². The van der Waals surface area contributed by atoms with Gasteiger partial charge in [0.15, 0.2) is 0 Å². The monoisotopic (exact) mass is 350 g/mol. The number of aryl methyl sites for hydroxylation is 1. The van der Waals surface area contributed by atoms with Crippen molar-refractivity contribution in [2.24, 2.45) is 7.05 Å². The lowest BCUT2D eigenvalue weighted by Crippen LogP contribution is -2.49. The van der Waals surface area contributed by atoms with Crippen LogP contribution in [0, 0.1) is 0 Å². The fourth-order valence-corrected chi connectivity index (χ4v) is 2.95. The van der Waals surface area contributed by atoms with E-state index in [1.54, 1.807) is 13.3 Å². The third kappa shape index (κ3) is 3.77. The molecule has 0 aliphatic carbocycles. The number of ether oxygens (including phenoxy) is 1. The van der Waals surface area contributed by atoms with Gasteiger partial charge in [-0.2, -0.15) is 0 Å². The molecule has 1 aromatic carbocycles. The molecule has 6 nitrogen and oxygen atoms in total. The zero-order valence-electron chi connectivity index (χ0n) is 13.9. The molecule has 0 bridgehead atoms. The number of imidazole rings is 1. The summed E-state index contributed by atoms with van der Waals surface area (Å²) in [5.41, 5.74) is 1.76. The van der Waals surface area contributed by atoms with Crippen molar-refractivity contribution < 1.29 is 9.53 Å². The van der Waals surface area contributed by atoms with Gasteiger partial charge in [0.05, 0.1) is 6.61 Å². The van der Waals surface area contributed by atoms with E-state index in [0.717, 1.165) is 24.5 Å². The first kappa shape index (κ1) is 18.4. The molecule has 1 aliphatic heterocycles. The lowest BCUT2D eigenvalue weighted by molar-refractivity contribution is 0.0621. The van der Waals surface area contributed by atoms with E-state index in [2.05, 4.69) is 10.3 Å². The molecule has 0 saturated carbocycles. The molecule has 24 heavy (non-hydrogen) atoms. The third-order valence-electron chi connectivity index (χ3n) is 4.17. The average Bonchev–Trinajstić information content (AvgIpc) is 3.01. The van der Waals surface area contributed by atoms with Crippen molar-refractivity contribution in [3.8, 4) is 0 Å². The fraction of sp³-hybridized carbons (Fsp3) is 0.412. The number of carbonyl (C=O) groups excluding carboxylic acids is 1. The summed E-state index contributed by atoms with van der Waals surface area (Å²) in [6, 6.07) is 7.57. The molecule has 1 amide bonds. The lowest BCUT2D eigenvalue weighted by atomic mass is 10.1. The summed E-state index contributed by atoms with van der Waals surface area (Å²) in [5.74, 6) is 0.949. The number of nitrogens with one attached hydrogen (secondary N) is 1. The molecule has 1 aliphatic rings. The highest BCUT2D eigenvalue weighted by atomic mass is 35.5. The summed E-state index contributed by atoms with van der Waals surface area (Å²) in [6.07, 6.45) is 3.68. The lowest BCUT2D eigenvalue weighted by Gasteiger charge is -2.35. The van der Waals surface area contributed by atoms with E-state index in [9.17, 15) is 4.79 Å². The van der Waals surface area contributed by atoms with Crippen LogP contribution in [-0.4, -0.2) is 47.1 Å². The Morgan fingerprint density at radius 3 is 2.75 bits per heavy atom. The van der Waals surface area contributed by atoms with Crippen LogP contribution in [0.4, 0.5) is 0 Å². The van der Waals surface area contributed by atoms with Crippen LogP contribution in [-0.2, 0) is 18.4 Å². The molecule has 1 saturated heterocycles. The summed E-state index contributed by atoms with van der Waals surface area (Å²) in [6.45, 7) is 2.75. The van der Waals surface area contributed by atoms with E-state index in [4.69, 9.17) is 4.74 Å². The molecular weight excluding hydrogens is 328 g/mol. The Bertz CT molecular complexity index is 671. The molecule has 2 aromatic rings. The molecule has 2 heterocycles. The van der Waals surface area contributed by atoms with E-state index in [1.165, 1.54) is 0 Å². The second kappa shape index (κ2) is 8.28. The van der Waals surface area contributed by atoms with Gasteiger partial charge in [0.2, 0.25) is 0 Å². The summed E-state index contributed by atoms with van der Waals surface area (Å²) in [4.78, 5) is 19.2. The minimum atomic E-state index is -0.0464. The summed E-state index contributed by atoms with van der Waals surface area (Å²) >= 11 is 0. The maximum atomic E-state index is 12.9. The topological polar surface area (TPSA) is 59.4 Å². The molecule has 3 rings (SSSR count). The van der Waals surface area contributed by atoms with Gasteiger partial charge in [0.1, 0.15) is 11.9 Å². The van der Waals surface area contributed by atoms with Gasteiger partial charge in [0, 0.05) is 51.7 Å². The number of nitrogens with zero attached hydrogens (tertiary/aromatic N) is 3. The van der Waals surface area contributed by atoms with Gasteiger partial charge in [-0.05, 0) is 17.7 Å². The van der Waals surface area contributed by atoms with Crippen molar-refractivity contribution in [2.75, 3.05) is 26.7 Å². The van der Waals surface area contributed by atoms with Crippen molar-refractivity contribution >= 4 is 18.3 Å². The Kier molecular flexibility index (Phi) is 6.36. The third-order valence-corrected chi connectivity index (χ3v) is 4.17. The summed E-state index contributed by atoms with van der Waals surface area (Å²) in [5, 5.41) is 3.35. The number of rotatable bonds is 4. The standard InChI is InChI=1S/C17H22N4O2.ClH/c1-20-9-8-19-16(20)15-11-18-7-10-21(15)17(22)14-5-3-13(4-6-14)12-23-2;/h3-6,8-9,15,18H,7,10-12H2,1-2H3;1H. The van der Waals surface area contributed by atoms with E-state index < -0.39 is 0 Å². The first-order valence-electron chi connectivity index (χ1n) is 7.77. The van der Waals surface area contributed by atoms with Gasteiger partial charge in [-0.25, -0.2) is 4.98 Å². The van der Waals surface area contributed by atoms with Gasteiger partial charge in [0.25, 0.3) is 5.91 Å². The second-order valence-corrected chi connectivity index (χ2v) is 5.74. The highest BCUT2D eigenvalue weighted by Crippen LogP contribution is 2.23. The zero-order chi connectivity index (χ0) is 16.2. The molecule has 0 radical (unpaired) electrons. The molecule has 7 heteroatoms. The van der Waals surface area contributed by atoms with Crippen molar-refractivity contribution in [2.45, 2.75) is 12.6 Å². The summed E-state index contributed by atoms with van der Waals surface area (Å²) < 4.78 is 7.08. The second-order valence-electron chi connectivity index (χ2n) is 5.74. The molecule has 0 spiro atoms. The van der Waals surface area contributed by atoms with Gasteiger partial charge < -0.3 is 19.5 Å². The van der Waals surface area contributed by atoms with Crippen LogP contribution in [0.2, 0.25) is 0 Å². The van der Waals surface area contributed by atoms with Gasteiger partial charge in [-0.1, -0.05) is 12.1 Å². The van der Waals surface area contributed by atoms with Crippen LogP contribution in [0.1, 0.15) is 27.8 Å². The van der Waals surface area contributed by atoms with E-state index in [1.807, 2.05) is 47.0 Å². The van der Waals surface area contributed by atoms with Crippen molar-refractivity contribution in [3.05, 3.63) is 53.6 Å². The van der Waals surface area contributed by atoms with Crippen molar-refractivity contribution in [3.63, 3.8) is 0 Å². The number of carbonyl (C=O) groups is 1. The van der Waals surface area contributed by atoms with E-state index in [0.29, 0.717) is 18.7 Å². The smallest absolute Gasteiger partial charge is 0.254 e. The van der Waals surface area contributed by atoms with Crippen LogP contribution in [0.15, 0.2) is 36.7 Å². The number of methoxy groups -OCH3 is 1.